The van der Waals surface area contributed by atoms with Crippen molar-refractivity contribution in [3.05, 3.63) is 16.8 Å². The molecule has 2 fully saturated rings. The molecule has 2 aromatic rings. The van der Waals surface area contributed by atoms with E-state index in [4.69, 9.17) is 4.74 Å². The summed E-state index contributed by atoms with van der Waals surface area (Å²) in [5, 5.41) is 14.2. The number of hydrogen-bond donors (Lipinski definition) is 1. The van der Waals surface area contributed by atoms with E-state index < -0.39 is 0 Å². The number of aryl methyl sites for hydroxylation is 1. The summed E-state index contributed by atoms with van der Waals surface area (Å²) in [6.45, 7) is 3.92. The number of nitrogens with one attached hydrogen (secondary N) is 1. The number of thiophene rings is 1. The van der Waals surface area contributed by atoms with Gasteiger partial charge in [0.1, 0.15) is 17.0 Å². The molecule has 5 rings (SSSR count). The summed E-state index contributed by atoms with van der Waals surface area (Å²) in [6, 6.07) is 3.55. The lowest BCUT2D eigenvalue weighted by molar-refractivity contribution is 0.00791. The minimum Gasteiger partial charge on any atom is -0.379 e. The number of rotatable bonds is 4. The van der Waals surface area contributed by atoms with Gasteiger partial charge in [-0.1, -0.05) is 0 Å². The summed E-state index contributed by atoms with van der Waals surface area (Å²) in [5.74, 6) is 1.33. The quantitative estimate of drug-likeness (QED) is 0.848. The minimum atomic E-state index is 0.345. The number of morpholine rings is 1. The van der Waals surface area contributed by atoms with E-state index in [1.165, 1.54) is 41.5 Å². The van der Waals surface area contributed by atoms with Crippen molar-refractivity contribution in [2.24, 2.45) is 0 Å². The lowest BCUT2D eigenvalue weighted by Crippen LogP contribution is -2.46. The van der Waals surface area contributed by atoms with Crippen molar-refractivity contribution in [3.8, 4) is 6.07 Å². The highest BCUT2D eigenvalue weighted by atomic mass is 32.1. The van der Waals surface area contributed by atoms with Crippen LogP contribution < -0.4 is 5.32 Å². The van der Waals surface area contributed by atoms with E-state index in [1.54, 1.807) is 17.7 Å². The normalized spacial score (nSPS) is 28.2. The van der Waals surface area contributed by atoms with Gasteiger partial charge in [0.2, 0.25) is 0 Å². The average Bonchev–Trinajstić information content (AvgIpc) is 3.30. The maximum atomic E-state index is 9.22. The molecular weight excluding hydrogens is 370 g/mol. The summed E-state index contributed by atoms with van der Waals surface area (Å²) in [5.41, 5.74) is 1.35. The first-order valence-electron chi connectivity index (χ1n) is 10.5. The molecule has 2 aliphatic carbocycles. The topological polar surface area (TPSA) is 74.1 Å². The van der Waals surface area contributed by atoms with Crippen molar-refractivity contribution in [1.29, 1.82) is 5.26 Å². The molecule has 1 atom stereocenters. The Morgan fingerprint density at radius 3 is 2.79 bits per heavy atom. The van der Waals surface area contributed by atoms with E-state index in [-0.39, 0.29) is 0 Å². The lowest BCUT2D eigenvalue weighted by Gasteiger charge is -2.39. The molecule has 2 aromatic heterocycles. The van der Waals surface area contributed by atoms with Gasteiger partial charge in [0, 0.05) is 36.5 Å². The fraction of sp³-hybridized carbons (Fsp3) is 0.667. The van der Waals surface area contributed by atoms with Crippen LogP contribution in [0.4, 0.5) is 5.82 Å². The fourth-order valence-electron chi connectivity index (χ4n) is 5.21. The average molecular weight is 398 g/mol. The van der Waals surface area contributed by atoms with Crippen molar-refractivity contribution < 1.29 is 4.74 Å². The van der Waals surface area contributed by atoms with Gasteiger partial charge in [0.15, 0.2) is 0 Å². The molecule has 0 aromatic carbocycles. The summed E-state index contributed by atoms with van der Waals surface area (Å²) < 4.78 is 5.50. The Kier molecular flexibility index (Phi) is 5.19. The molecule has 0 radical (unpaired) electrons. The van der Waals surface area contributed by atoms with Crippen molar-refractivity contribution in [2.75, 3.05) is 31.6 Å². The van der Waals surface area contributed by atoms with Gasteiger partial charge in [-0.15, -0.1) is 11.3 Å². The number of nitrogens with zero attached hydrogens (tertiary/aromatic N) is 4. The highest BCUT2D eigenvalue weighted by Gasteiger charge is 2.31. The second-order valence-corrected chi connectivity index (χ2v) is 9.32. The minimum absolute atomic E-state index is 0.345. The maximum Gasteiger partial charge on any atom is 0.138 e. The van der Waals surface area contributed by atoms with Crippen LogP contribution in [0.1, 0.15) is 54.9 Å². The monoisotopic (exact) mass is 397 g/mol. The van der Waals surface area contributed by atoms with Gasteiger partial charge in [-0.25, -0.2) is 9.97 Å². The van der Waals surface area contributed by atoms with Crippen LogP contribution >= 0.6 is 11.3 Å². The molecule has 1 saturated heterocycles. The zero-order valence-corrected chi connectivity index (χ0v) is 17.0. The molecule has 3 heterocycles. The van der Waals surface area contributed by atoms with Crippen LogP contribution in [-0.4, -0.2) is 53.3 Å². The molecule has 3 aliphatic rings. The first-order chi connectivity index (χ1) is 13.8. The number of ether oxygens (including phenoxy) is 1. The summed E-state index contributed by atoms with van der Waals surface area (Å²) >= 11 is 1.79. The molecule has 1 N–H and O–H groups in total. The van der Waals surface area contributed by atoms with Crippen LogP contribution in [0.5, 0.6) is 0 Å². The Hall–Kier alpha value is -1.75. The number of hydrogen-bond acceptors (Lipinski definition) is 7. The van der Waals surface area contributed by atoms with Gasteiger partial charge in [0.05, 0.1) is 24.7 Å². The Morgan fingerprint density at radius 2 is 2.00 bits per heavy atom. The molecule has 1 aliphatic heterocycles. The zero-order chi connectivity index (χ0) is 18.9. The van der Waals surface area contributed by atoms with E-state index in [0.29, 0.717) is 24.4 Å². The Bertz CT molecular complexity index is 877. The van der Waals surface area contributed by atoms with Gasteiger partial charge < -0.3 is 10.1 Å². The highest BCUT2D eigenvalue weighted by Crippen LogP contribution is 2.46. The van der Waals surface area contributed by atoms with Crippen LogP contribution in [-0.2, 0) is 11.2 Å². The molecule has 1 saturated carbocycles. The number of fused-ring (bicyclic) bond motifs is 3. The third-order valence-electron chi connectivity index (χ3n) is 6.67. The van der Waals surface area contributed by atoms with Crippen LogP contribution in [0.15, 0.2) is 6.33 Å². The van der Waals surface area contributed by atoms with Crippen molar-refractivity contribution in [1.82, 2.24) is 14.9 Å². The summed E-state index contributed by atoms with van der Waals surface area (Å²) in [7, 11) is 0. The van der Waals surface area contributed by atoms with E-state index in [1.807, 2.05) is 0 Å². The van der Waals surface area contributed by atoms with Crippen LogP contribution in [0.2, 0.25) is 0 Å². The van der Waals surface area contributed by atoms with Crippen LogP contribution in [0.3, 0.4) is 0 Å². The smallest absolute Gasteiger partial charge is 0.138 e. The molecule has 0 amide bonds. The van der Waals surface area contributed by atoms with E-state index in [0.717, 1.165) is 49.8 Å². The van der Waals surface area contributed by atoms with E-state index in [9.17, 15) is 5.26 Å². The third-order valence-corrected chi connectivity index (χ3v) is 7.84. The first kappa shape index (κ1) is 18.3. The molecule has 0 unspecified atom stereocenters. The van der Waals surface area contributed by atoms with Crippen LogP contribution in [0.25, 0.3) is 10.2 Å². The standard InChI is InChI=1S/C21H27N5OS/c22-8-7-14-1-6-17-18(14)19-20(23-13-24-21(19)28-17)25-15-2-4-16(5-3-15)26-9-11-27-12-10-26/h13-16H,1-7,9-12H2,(H,23,24,25)/t14-,15?,16?/m1/s1. The zero-order valence-electron chi connectivity index (χ0n) is 16.2. The largest absolute Gasteiger partial charge is 0.379 e. The third kappa shape index (κ3) is 3.38. The number of nitriles is 1. The fourth-order valence-corrected chi connectivity index (χ4v) is 6.45. The second-order valence-electron chi connectivity index (χ2n) is 8.24. The molecule has 7 heteroatoms. The first-order valence-corrected chi connectivity index (χ1v) is 11.4. The van der Waals surface area contributed by atoms with Crippen molar-refractivity contribution in [2.45, 2.75) is 62.9 Å². The van der Waals surface area contributed by atoms with Gasteiger partial charge >= 0.3 is 0 Å². The highest BCUT2D eigenvalue weighted by molar-refractivity contribution is 7.19. The maximum absolute atomic E-state index is 9.22. The summed E-state index contributed by atoms with van der Waals surface area (Å²) in [6.07, 6.45) is 9.29. The van der Waals surface area contributed by atoms with Gasteiger partial charge in [-0.3, -0.25) is 4.90 Å². The molecule has 28 heavy (non-hydrogen) atoms. The predicted molar refractivity (Wildman–Crippen MR) is 111 cm³/mol. The van der Waals surface area contributed by atoms with Gasteiger partial charge in [-0.05, 0) is 50.0 Å². The molecule has 148 valence electrons. The second kappa shape index (κ2) is 7.94. The van der Waals surface area contributed by atoms with Gasteiger partial charge in [-0.2, -0.15) is 5.26 Å². The van der Waals surface area contributed by atoms with E-state index in [2.05, 4.69) is 26.3 Å². The molecule has 0 bridgehead atoms. The predicted octanol–water partition coefficient (Wildman–Crippen LogP) is 3.69. The Labute approximate surface area is 169 Å². The molecule has 0 spiro atoms. The Balaban J connectivity index is 1.32. The Morgan fingerprint density at radius 1 is 1.18 bits per heavy atom. The number of aromatic nitrogens is 2. The summed E-state index contributed by atoms with van der Waals surface area (Å²) in [4.78, 5) is 14.3. The number of anilines is 1. The van der Waals surface area contributed by atoms with Gasteiger partial charge in [0.25, 0.3) is 0 Å². The van der Waals surface area contributed by atoms with E-state index >= 15 is 0 Å². The molecular formula is C21H27N5OS. The molecule has 6 nitrogen and oxygen atoms in total. The van der Waals surface area contributed by atoms with Crippen LogP contribution in [0, 0.1) is 11.3 Å². The SMILES string of the molecule is N#CC[C@H]1CCc2sc3ncnc(NC4CCC(N5CCOCC5)CC4)c3c21. The lowest BCUT2D eigenvalue weighted by atomic mass is 9.89. The van der Waals surface area contributed by atoms with Crippen molar-refractivity contribution >= 4 is 27.4 Å². The van der Waals surface area contributed by atoms with Crippen molar-refractivity contribution in [3.63, 3.8) is 0 Å².